The number of piperidine rings is 1. The third-order valence-electron chi connectivity index (χ3n) is 3.78. The summed E-state index contributed by atoms with van der Waals surface area (Å²) in [5, 5.41) is 12.2. The highest BCUT2D eigenvalue weighted by molar-refractivity contribution is 5.42. The smallest absolute Gasteiger partial charge is 0.151 e. The summed E-state index contributed by atoms with van der Waals surface area (Å²) in [6.45, 7) is 6.55. The Morgan fingerprint density at radius 3 is 3.24 bits per heavy atom. The molecule has 4 heteroatoms. The molecule has 0 aromatic carbocycles. The molecule has 0 unspecified atom stereocenters. The summed E-state index contributed by atoms with van der Waals surface area (Å²) in [5.74, 6) is 1.85. The summed E-state index contributed by atoms with van der Waals surface area (Å²) in [4.78, 5) is 2.38. The lowest BCUT2D eigenvalue weighted by atomic mass is 10.00. The van der Waals surface area contributed by atoms with Crippen molar-refractivity contribution in [1.82, 2.24) is 15.5 Å². The van der Waals surface area contributed by atoms with Crippen molar-refractivity contribution in [2.45, 2.75) is 32.7 Å². The van der Waals surface area contributed by atoms with Crippen molar-refractivity contribution in [3.8, 4) is 0 Å². The highest BCUT2D eigenvalue weighted by Crippen LogP contribution is 2.23. The summed E-state index contributed by atoms with van der Waals surface area (Å²) >= 11 is 0. The van der Waals surface area contributed by atoms with Crippen LogP contribution in [0.25, 0.3) is 0 Å². The van der Waals surface area contributed by atoms with E-state index in [9.17, 15) is 0 Å². The molecule has 1 saturated heterocycles. The maximum Gasteiger partial charge on any atom is 0.151 e. The molecule has 0 spiro atoms. The monoisotopic (exact) mass is 232 g/mol. The van der Waals surface area contributed by atoms with Crippen molar-refractivity contribution < 1.29 is 0 Å². The topological polar surface area (TPSA) is 41.1 Å². The van der Waals surface area contributed by atoms with Gasteiger partial charge in [0.05, 0.1) is 5.69 Å². The Morgan fingerprint density at radius 1 is 1.41 bits per heavy atom. The van der Waals surface area contributed by atoms with E-state index < -0.39 is 0 Å². The van der Waals surface area contributed by atoms with Crippen LogP contribution in [0.3, 0.4) is 0 Å². The van der Waals surface area contributed by atoms with Gasteiger partial charge >= 0.3 is 0 Å². The number of aromatic nitrogens is 2. The number of rotatable bonds is 1. The number of fused-ring (bicyclic) bond motifs is 1. The van der Waals surface area contributed by atoms with Gasteiger partial charge in [0.2, 0.25) is 0 Å². The fourth-order valence-electron chi connectivity index (χ4n) is 2.79. The Balaban J connectivity index is 1.83. The SMILES string of the molecule is C[C@H]1CCCN(c2cc3c(nn2)CCNC3)C1. The molecule has 1 N–H and O–H groups in total. The Labute approximate surface area is 102 Å². The van der Waals surface area contributed by atoms with Gasteiger partial charge in [0, 0.05) is 32.6 Å². The largest absolute Gasteiger partial charge is 0.355 e. The summed E-state index contributed by atoms with van der Waals surface area (Å²) in [5.41, 5.74) is 2.51. The van der Waals surface area contributed by atoms with Crippen LogP contribution in [-0.4, -0.2) is 29.8 Å². The molecule has 0 saturated carbocycles. The molecule has 2 aliphatic rings. The molecule has 1 atom stereocenters. The molecule has 3 rings (SSSR count). The first-order chi connectivity index (χ1) is 8.33. The van der Waals surface area contributed by atoms with E-state index in [-0.39, 0.29) is 0 Å². The van der Waals surface area contributed by atoms with Crippen LogP contribution < -0.4 is 10.2 Å². The van der Waals surface area contributed by atoms with Crippen LogP contribution in [0.4, 0.5) is 5.82 Å². The summed E-state index contributed by atoms with van der Waals surface area (Å²) in [7, 11) is 0. The maximum absolute atomic E-state index is 4.40. The van der Waals surface area contributed by atoms with Crippen molar-refractivity contribution in [2.24, 2.45) is 5.92 Å². The predicted octanol–water partition coefficient (Wildman–Crippen LogP) is 1.36. The van der Waals surface area contributed by atoms with Gasteiger partial charge in [-0.1, -0.05) is 6.92 Å². The van der Waals surface area contributed by atoms with E-state index in [2.05, 4.69) is 33.4 Å². The number of nitrogens with zero attached hydrogens (tertiary/aromatic N) is 3. The van der Waals surface area contributed by atoms with E-state index in [1.54, 1.807) is 0 Å². The van der Waals surface area contributed by atoms with E-state index in [0.29, 0.717) is 0 Å². The first kappa shape index (κ1) is 11.0. The van der Waals surface area contributed by atoms with Gasteiger partial charge in [-0.3, -0.25) is 0 Å². The van der Waals surface area contributed by atoms with E-state index in [4.69, 9.17) is 0 Å². The zero-order chi connectivity index (χ0) is 11.7. The zero-order valence-corrected chi connectivity index (χ0v) is 10.4. The number of hydrogen-bond donors (Lipinski definition) is 1. The number of nitrogens with one attached hydrogen (secondary N) is 1. The van der Waals surface area contributed by atoms with Crippen LogP contribution in [0.5, 0.6) is 0 Å². The van der Waals surface area contributed by atoms with Crippen LogP contribution in [0, 0.1) is 5.92 Å². The van der Waals surface area contributed by atoms with Crippen LogP contribution >= 0.6 is 0 Å². The van der Waals surface area contributed by atoms with E-state index >= 15 is 0 Å². The first-order valence-corrected chi connectivity index (χ1v) is 6.64. The summed E-state index contributed by atoms with van der Waals surface area (Å²) < 4.78 is 0. The van der Waals surface area contributed by atoms with Gasteiger partial charge in [0.1, 0.15) is 0 Å². The molecule has 1 aromatic rings. The third kappa shape index (κ3) is 2.27. The number of anilines is 1. The molecule has 0 amide bonds. The molecule has 3 heterocycles. The van der Waals surface area contributed by atoms with Gasteiger partial charge in [-0.15, -0.1) is 5.10 Å². The average molecular weight is 232 g/mol. The van der Waals surface area contributed by atoms with Gasteiger partial charge in [-0.2, -0.15) is 5.10 Å². The van der Waals surface area contributed by atoms with Gasteiger partial charge in [-0.25, -0.2) is 0 Å². The Hall–Kier alpha value is -1.16. The van der Waals surface area contributed by atoms with Crippen molar-refractivity contribution in [2.75, 3.05) is 24.5 Å². The minimum absolute atomic E-state index is 0.778. The molecule has 0 radical (unpaired) electrons. The van der Waals surface area contributed by atoms with Crippen LogP contribution in [-0.2, 0) is 13.0 Å². The highest BCUT2D eigenvalue weighted by Gasteiger charge is 2.19. The van der Waals surface area contributed by atoms with Gasteiger partial charge in [-0.05, 0) is 30.4 Å². The molecule has 2 aliphatic heterocycles. The second-order valence-corrected chi connectivity index (χ2v) is 5.29. The molecular weight excluding hydrogens is 212 g/mol. The maximum atomic E-state index is 4.40. The van der Waals surface area contributed by atoms with Crippen LogP contribution in [0.1, 0.15) is 31.0 Å². The lowest BCUT2D eigenvalue weighted by Crippen LogP contribution is -2.35. The Kier molecular flexibility index (Phi) is 2.97. The molecule has 1 fully saturated rings. The fourth-order valence-corrected chi connectivity index (χ4v) is 2.79. The Bertz CT molecular complexity index is 404. The lowest BCUT2D eigenvalue weighted by molar-refractivity contribution is 0.443. The third-order valence-corrected chi connectivity index (χ3v) is 3.78. The van der Waals surface area contributed by atoms with Crippen molar-refractivity contribution >= 4 is 5.82 Å². The molecule has 92 valence electrons. The van der Waals surface area contributed by atoms with Crippen molar-refractivity contribution in [3.05, 3.63) is 17.3 Å². The molecular formula is C13H20N4. The highest BCUT2D eigenvalue weighted by atomic mass is 15.3. The van der Waals surface area contributed by atoms with E-state index in [0.717, 1.165) is 44.3 Å². The van der Waals surface area contributed by atoms with Crippen molar-refractivity contribution in [1.29, 1.82) is 0 Å². The fraction of sp³-hybridized carbons (Fsp3) is 0.692. The van der Waals surface area contributed by atoms with E-state index in [1.165, 1.54) is 24.1 Å². The quantitative estimate of drug-likeness (QED) is 0.794. The second-order valence-electron chi connectivity index (χ2n) is 5.29. The lowest BCUT2D eigenvalue weighted by Gasteiger charge is -2.32. The summed E-state index contributed by atoms with van der Waals surface area (Å²) in [6.07, 6.45) is 3.63. The molecule has 0 aliphatic carbocycles. The molecule has 17 heavy (non-hydrogen) atoms. The second kappa shape index (κ2) is 4.61. The number of hydrogen-bond acceptors (Lipinski definition) is 4. The van der Waals surface area contributed by atoms with Crippen LogP contribution in [0.2, 0.25) is 0 Å². The Morgan fingerprint density at radius 2 is 2.35 bits per heavy atom. The van der Waals surface area contributed by atoms with Gasteiger partial charge in [0.25, 0.3) is 0 Å². The normalized spacial score (nSPS) is 24.5. The van der Waals surface area contributed by atoms with Crippen molar-refractivity contribution in [3.63, 3.8) is 0 Å². The van der Waals surface area contributed by atoms with Gasteiger partial charge in [0.15, 0.2) is 5.82 Å². The average Bonchev–Trinajstić information content (AvgIpc) is 2.38. The molecule has 4 nitrogen and oxygen atoms in total. The minimum Gasteiger partial charge on any atom is -0.355 e. The molecule has 1 aromatic heterocycles. The minimum atomic E-state index is 0.778. The van der Waals surface area contributed by atoms with Gasteiger partial charge < -0.3 is 10.2 Å². The van der Waals surface area contributed by atoms with E-state index in [1.807, 2.05) is 0 Å². The van der Waals surface area contributed by atoms with Crippen LogP contribution in [0.15, 0.2) is 6.07 Å². The predicted molar refractivity (Wildman–Crippen MR) is 68.1 cm³/mol. The molecule has 0 bridgehead atoms. The zero-order valence-electron chi connectivity index (χ0n) is 10.4. The summed E-state index contributed by atoms with van der Waals surface area (Å²) in [6, 6.07) is 2.23. The first-order valence-electron chi connectivity index (χ1n) is 6.64. The standard InChI is InChI=1S/C13H20N4/c1-10-3-2-6-17(9-10)13-7-11-8-14-5-4-12(11)15-16-13/h7,10,14H,2-6,8-9H2,1H3/t10-/m0/s1.